The molecular weight excluding hydrogens is 300 g/mol. The molecule has 0 bridgehead atoms. The van der Waals surface area contributed by atoms with Crippen molar-refractivity contribution in [3.63, 3.8) is 0 Å². The summed E-state index contributed by atoms with van der Waals surface area (Å²) in [6.07, 6.45) is 7.76. The lowest BCUT2D eigenvalue weighted by molar-refractivity contribution is -0.908. The predicted octanol–water partition coefficient (Wildman–Crippen LogP) is 2.13. The number of nitrogens with zero attached hydrogens (tertiary/aromatic N) is 2. The number of fused-ring (bicyclic) bond motifs is 2. The minimum absolute atomic E-state index is 0.461. The van der Waals surface area contributed by atoms with Crippen molar-refractivity contribution < 1.29 is 19.1 Å². The molecule has 0 amide bonds. The summed E-state index contributed by atoms with van der Waals surface area (Å²) in [6.45, 7) is 0.922. The smallest absolute Gasteiger partial charge is 0.230 e. The van der Waals surface area contributed by atoms with Crippen molar-refractivity contribution >= 4 is 21.5 Å². The Bertz CT molecular complexity index is 904. The van der Waals surface area contributed by atoms with Gasteiger partial charge in [0.05, 0.1) is 10.8 Å². The highest BCUT2D eigenvalue weighted by Crippen LogP contribution is 2.09. The summed E-state index contributed by atoms with van der Waals surface area (Å²) in [7, 11) is 0. The summed E-state index contributed by atoms with van der Waals surface area (Å²) in [5.74, 6) is 0. The van der Waals surface area contributed by atoms with E-state index in [1.165, 1.54) is 10.8 Å². The maximum absolute atomic E-state index is 5.70. The van der Waals surface area contributed by atoms with E-state index in [9.17, 15) is 0 Å². The molecule has 118 valence electrons. The van der Waals surface area contributed by atoms with Crippen LogP contribution < -0.4 is 19.1 Å². The van der Waals surface area contributed by atoms with Crippen LogP contribution in [0.15, 0.2) is 85.5 Å². The van der Waals surface area contributed by atoms with E-state index < -0.39 is 0 Å². The summed E-state index contributed by atoms with van der Waals surface area (Å²) in [5, 5.41) is 4.68. The van der Waals surface area contributed by atoms with Crippen molar-refractivity contribution in [2.24, 2.45) is 0 Å². The molecule has 0 atom stereocenters. The zero-order valence-electron chi connectivity index (χ0n) is 13.2. The molecule has 24 heavy (non-hydrogen) atoms. The first-order valence-electron chi connectivity index (χ1n) is 7.95. The molecule has 0 spiro atoms. The van der Waals surface area contributed by atoms with Crippen LogP contribution >= 0.6 is 0 Å². The highest BCUT2D eigenvalue weighted by atomic mass is 16.7. The van der Waals surface area contributed by atoms with E-state index in [0.717, 1.165) is 10.8 Å². The maximum Gasteiger partial charge on any atom is 0.230 e. The van der Waals surface area contributed by atoms with Gasteiger partial charge in [0.15, 0.2) is 0 Å². The van der Waals surface area contributed by atoms with Crippen LogP contribution in [0.5, 0.6) is 0 Å². The molecule has 0 radical (unpaired) electrons. The first-order valence-corrected chi connectivity index (χ1v) is 7.95. The van der Waals surface area contributed by atoms with Gasteiger partial charge in [0.2, 0.25) is 38.0 Å². The van der Waals surface area contributed by atoms with Crippen LogP contribution in [0.4, 0.5) is 0 Å². The Morgan fingerprint density at radius 3 is 1.42 bits per heavy atom. The van der Waals surface area contributed by atoms with Crippen LogP contribution in [0.25, 0.3) is 21.5 Å². The molecule has 0 N–H and O–H groups in total. The van der Waals surface area contributed by atoms with Gasteiger partial charge in [-0.25, -0.2) is 0 Å². The van der Waals surface area contributed by atoms with Gasteiger partial charge in [-0.2, -0.15) is 0 Å². The Balaban J connectivity index is 1.36. The lowest BCUT2D eigenvalue weighted by Gasteiger charge is -2.00. The normalized spacial score (nSPS) is 10.8. The van der Waals surface area contributed by atoms with E-state index in [0.29, 0.717) is 13.2 Å². The third-order valence-corrected chi connectivity index (χ3v) is 3.89. The Labute approximate surface area is 140 Å². The zero-order valence-corrected chi connectivity index (χ0v) is 13.2. The van der Waals surface area contributed by atoms with Gasteiger partial charge in [0.25, 0.3) is 0 Å². The molecule has 0 aliphatic carbocycles. The Kier molecular flexibility index (Phi) is 3.94. The van der Waals surface area contributed by atoms with E-state index >= 15 is 0 Å². The fourth-order valence-corrected chi connectivity index (χ4v) is 2.67. The molecule has 0 unspecified atom stereocenters. The van der Waals surface area contributed by atoms with Crippen molar-refractivity contribution in [2.45, 2.75) is 0 Å². The number of rotatable bonds is 5. The van der Waals surface area contributed by atoms with Crippen molar-refractivity contribution in [2.75, 3.05) is 13.2 Å². The molecule has 0 saturated carbocycles. The van der Waals surface area contributed by atoms with Gasteiger partial charge in [0, 0.05) is 21.6 Å². The summed E-state index contributed by atoms with van der Waals surface area (Å²) < 4.78 is 3.44. The van der Waals surface area contributed by atoms with E-state index in [1.807, 2.05) is 61.2 Å². The second-order valence-corrected chi connectivity index (χ2v) is 5.53. The zero-order chi connectivity index (χ0) is 16.2. The van der Waals surface area contributed by atoms with Crippen LogP contribution in [0, 0.1) is 0 Å². The SMILES string of the molecule is c1ccc2c[n+](OCCO[n+]3ccc4ccccc4c3)ccc2c1. The van der Waals surface area contributed by atoms with Crippen LogP contribution in [0.2, 0.25) is 0 Å². The second kappa shape index (κ2) is 6.54. The molecule has 4 rings (SSSR count). The largest absolute Gasteiger partial charge is 0.267 e. The monoisotopic (exact) mass is 318 g/mol. The quantitative estimate of drug-likeness (QED) is 0.416. The number of hydrogen-bond donors (Lipinski definition) is 0. The highest BCUT2D eigenvalue weighted by molar-refractivity contribution is 5.80. The molecule has 0 aliphatic rings. The lowest BCUT2D eigenvalue weighted by atomic mass is 10.2. The third kappa shape index (κ3) is 3.13. The van der Waals surface area contributed by atoms with Crippen molar-refractivity contribution in [3.05, 3.63) is 85.5 Å². The lowest BCUT2D eigenvalue weighted by Crippen LogP contribution is -2.48. The Hall–Kier alpha value is -3.14. The molecule has 0 aliphatic heterocycles. The van der Waals surface area contributed by atoms with Gasteiger partial charge in [-0.05, 0) is 22.9 Å². The molecule has 2 aromatic carbocycles. The minimum atomic E-state index is 0.461. The van der Waals surface area contributed by atoms with E-state index in [4.69, 9.17) is 9.68 Å². The molecule has 2 aromatic heterocycles. The van der Waals surface area contributed by atoms with Crippen molar-refractivity contribution in [3.8, 4) is 0 Å². The first kappa shape index (κ1) is 14.5. The Morgan fingerprint density at radius 1 is 0.542 bits per heavy atom. The number of hydrogen-bond acceptors (Lipinski definition) is 2. The van der Waals surface area contributed by atoms with Gasteiger partial charge in [0.1, 0.15) is 0 Å². The van der Waals surface area contributed by atoms with Gasteiger partial charge in [-0.1, -0.05) is 36.4 Å². The molecule has 4 nitrogen and oxygen atoms in total. The molecule has 0 fully saturated rings. The summed E-state index contributed by atoms with van der Waals surface area (Å²) in [4.78, 5) is 11.4. The standard InChI is InChI=1S/C20H18N2O2/c1-3-7-19-15-21(11-9-17(19)5-1)23-13-14-24-22-12-10-18-6-2-4-8-20(18)16-22/h1-12,15-16H,13-14H2/q+2. The molecular formula is C20H18N2O2+2. The van der Waals surface area contributed by atoms with Gasteiger partial charge < -0.3 is 0 Å². The van der Waals surface area contributed by atoms with Crippen molar-refractivity contribution in [1.82, 2.24) is 0 Å². The third-order valence-electron chi connectivity index (χ3n) is 3.89. The van der Waals surface area contributed by atoms with Crippen LogP contribution in [0.1, 0.15) is 0 Å². The van der Waals surface area contributed by atoms with Crippen LogP contribution in [0.3, 0.4) is 0 Å². The van der Waals surface area contributed by atoms with E-state index in [2.05, 4.69) is 24.3 Å². The van der Waals surface area contributed by atoms with Gasteiger partial charge >= 0.3 is 0 Å². The Morgan fingerprint density at radius 2 is 0.958 bits per heavy atom. The average molecular weight is 318 g/mol. The number of pyridine rings is 2. The summed E-state index contributed by atoms with van der Waals surface area (Å²) in [6, 6.07) is 20.5. The average Bonchev–Trinajstić information content (AvgIpc) is 2.65. The van der Waals surface area contributed by atoms with E-state index in [-0.39, 0.29) is 0 Å². The molecule has 2 heterocycles. The highest BCUT2D eigenvalue weighted by Gasteiger charge is 2.07. The summed E-state index contributed by atoms with van der Waals surface area (Å²) in [5.41, 5.74) is 0. The van der Waals surface area contributed by atoms with Crippen LogP contribution in [-0.4, -0.2) is 13.2 Å². The fourth-order valence-electron chi connectivity index (χ4n) is 2.67. The van der Waals surface area contributed by atoms with E-state index in [1.54, 1.807) is 9.46 Å². The van der Waals surface area contributed by atoms with Gasteiger partial charge in [-0.3, -0.25) is 9.68 Å². The first-order chi connectivity index (χ1) is 11.9. The summed E-state index contributed by atoms with van der Waals surface area (Å²) >= 11 is 0. The van der Waals surface area contributed by atoms with Gasteiger partial charge in [-0.15, -0.1) is 0 Å². The van der Waals surface area contributed by atoms with Crippen molar-refractivity contribution in [1.29, 1.82) is 0 Å². The maximum atomic E-state index is 5.70. The number of benzene rings is 2. The second-order valence-electron chi connectivity index (χ2n) is 5.53. The molecule has 4 aromatic rings. The molecule has 0 saturated heterocycles. The fraction of sp³-hybridized carbons (Fsp3) is 0.100. The molecule has 4 heteroatoms. The number of aromatic nitrogens is 2. The predicted molar refractivity (Wildman–Crippen MR) is 91.2 cm³/mol. The van der Waals surface area contributed by atoms with Crippen LogP contribution in [-0.2, 0) is 0 Å². The minimum Gasteiger partial charge on any atom is -0.267 e. The topological polar surface area (TPSA) is 26.2 Å².